The molecule has 0 saturated heterocycles. The molecule has 7 nitrogen and oxygen atoms in total. The monoisotopic (exact) mass is 288 g/mol. The molecule has 0 aliphatic carbocycles. The molecule has 0 aliphatic rings. The lowest BCUT2D eigenvalue weighted by Crippen LogP contribution is -2.36. The summed E-state index contributed by atoms with van der Waals surface area (Å²) in [7, 11) is 0. The van der Waals surface area contributed by atoms with E-state index in [0.29, 0.717) is 6.54 Å². The van der Waals surface area contributed by atoms with Crippen molar-refractivity contribution in [3.05, 3.63) is 36.2 Å². The van der Waals surface area contributed by atoms with Crippen LogP contribution < -0.4 is 10.2 Å². The molecular formula is C14H20N6O. The Morgan fingerprint density at radius 2 is 2.29 bits per heavy atom. The van der Waals surface area contributed by atoms with Crippen molar-refractivity contribution in [3.63, 3.8) is 0 Å². The van der Waals surface area contributed by atoms with Gasteiger partial charge in [-0.05, 0) is 42.0 Å². The van der Waals surface area contributed by atoms with Crippen molar-refractivity contribution in [2.45, 2.75) is 20.4 Å². The Kier molecular flexibility index (Phi) is 5.25. The smallest absolute Gasteiger partial charge is 0.241 e. The number of nitrogens with zero attached hydrogens (tertiary/aromatic N) is 5. The molecule has 2 aromatic rings. The fraction of sp³-hybridized carbons (Fsp3) is 0.429. The van der Waals surface area contributed by atoms with Gasteiger partial charge in [-0.15, -0.1) is 5.10 Å². The average molecular weight is 288 g/mol. The molecule has 1 aromatic heterocycles. The van der Waals surface area contributed by atoms with E-state index in [0.717, 1.165) is 13.1 Å². The Labute approximate surface area is 123 Å². The maximum atomic E-state index is 11.7. The minimum atomic E-state index is -0.0948. The van der Waals surface area contributed by atoms with Crippen LogP contribution in [0.3, 0.4) is 0 Å². The lowest BCUT2D eigenvalue weighted by Gasteiger charge is -2.23. The molecule has 0 bridgehead atoms. The van der Waals surface area contributed by atoms with Gasteiger partial charge in [0.15, 0.2) is 0 Å². The van der Waals surface area contributed by atoms with Gasteiger partial charge in [0.25, 0.3) is 0 Å². The van der Waals surface area contributed by atoms with E-state index >= 15 is 0 Å². The Balaban J connectivity index is 1.79. The lowest BCUT2D eigenvalue weighted by molar-refractivity contribution is -0.121. The molecule has 1 heterocycles. The van der Waals surface area contributed by atoms with E-state index in [-0.39, 0.29) is 12.5 Å². The minimum Gasteiger partial charge on any atom is -0.370 e. The number of rotatable bonds is 7. The summed E-state index contributed by atoms with van der Waals surface area (Å²) in [6.45, 7) is 6.57. The SMILES string of the molecule is CCN(CCNC(=O)Cn1cnnn1)c1cccc(C)c1. The van der Waals surface area contributed by atoms with Crippen molar-refractivity contribution in [3.8, 4) is 0 Å². The first kappa shape index (κ1) is 15.0. The second-order valence-electron chi connectivity index (χ2n) is 4.78. The third-order valence-corrected chi connectivity index (χ3v) is 3.15. The van der Waals surface area contributed by atoms with Gasteiger partial charge in [-0.25, -0.2) is 4.68 Å². The largest absolute Gasteiger partial charge is 0.370 e. The number of aryl methyl sites for hydroxylation is 1. The van der Waals surface area contributed by atoms with Crippen LogP contribution in [0.2, 0.25) is 0 Å². The molecule has 0 atom stereocenters. The summed E-state index contributed by atoms with van der Waals surface area (Å²) in [6, 6.07) is 8.35. The number of anilines is 1. The molecule has 0 spiro atoms. The van der Waals surface area contributed by atoms with Crippen molar-refractivity contribution in [1.29, 1.82) is 0 Å². The van der Waals surface area contributed by atoms with Gasteiger partial charge in [-0.2, -0.15) is 0 Å². The van der Waals surface area contributed by atoms with Gasteiger partial charge in [0, 0.05) is 25.3 Å². The van der Waals surface area contributed by atoms with Crippen LogP contribution in [0.25, 0.3) is 0 Å². The van der Waals surface area contributed by atoms with E-state index in [1.807, 2.05) is 6.07 Å². The molecule has 1 aromatic carbocycles. The van der Waals surface area contributed by atoms with Crippen LogP contribution in [0.15, 0.2) is 30.6 Å². The van der Waals surface area contributed by atoms with Crippen LogP contribution in [-0.2, 0) is 11.3 Å². The molecule has 0 fully saturated rings. The summed E-state index contributed by atoms with van der Waals surface area (Å²) in [5, 5.41) is 13.5. The van der Waals surface area contributed by atoms with Crippen molar-refractivity contribution in [2.24, 2.45) is 0 Å². The first-order valence-electron chi connectivity index (χ1n) is 6.98. The van der Waals surface area contributed by atoms with Crippen LogP contribution in [0, 0.1) is 6.92 Å². The number of carbonyl (C=O) groups excluding carboxylic acids is 1. The van der Waals surface area contributed by atoms with E-state index in [9.17, 15) is 4.79 Å². The van der Waals surface area contributed by atoms with Crippen LogP contribution in [0.1, 0.15) is 12.5 Å². The fourth-order valence-corrected chi connectivity index (χ4v) is 2.08. The number of amides is 1. The van der Waals surface area contributed by atoms with E-state index in [1.54, 1.807) is 0 Å². The summed E-state index contributed by atoms with van der Waals surface area (Å²) in [4.78, 5) is 14.0. The Morgan fingerprint density at radius 3 is 2.95 bits per heavy atom. The predicted molar refractivity (Wildman–Crippen MR) is 79.9 cm³/mol. The highest BCUT2D eigenvalue weighted by Crippen LogP contribution is 2.14. The van der Waals surface area contributed by atoms with Gasteiger partial charge < -0.3 is 10.2 Å². The lowest BCUT2D eigenvalue weighted by atomic mass is 10.2. The highest BCUT2D eigenvalue weighted by Gasteiger charge is 2.06. The van der Waals surface area contributed by atoms with Crippen LogP contribution in [-0.4, -0.2) is 45.7 Å². The highest BCUT2D eigenvalue weighted by atomic mass is 16.2. The molecule has 1 amide bonds. The molecule has 1 N–H and O–H groups in total. The number of hydrogen-bond acceptors (Lipinski definition) is 5. The molecule has 2 rings (SSSR count). The molecular weight excluding hydrogens is 268 g/mol. The van der Waals surface area contributed by atoms with Crippen molar-refractivity contribution >= 4 is 11.6 Å². The Morgan fingerprint density at radius 1 is 1.43 bits per heavy atom. The summed E-state index contributed by atoms with van der Waals surface area (Å²) >= 11 is 0. The molecule has 0 unspecified atom stereocenters. The van der Waals surface area contributed by atoms with Gasteiger partial charge in [0.05, 0.1) is 0 Å². The third-order valence-electron chi connectivity index (χ3n) is 3.15. The zero-order valence-corrected chi connectivity index (χ0v) is 12.4. The fourth-order valence-electron chi connectivity index (χ4n) is 2.08. The van der Waals surface area contributed by atoms with E-state index in [1.165, 1.54) is 22.3 Å². The number of aromatic nitrogens is 4. The van der Waals surface area contributed by atoms with Gasteiger partial charge in [0.2, 0.25) is 5.91 Å². The second-order valence-corrected chi connectivity index (χ2v) is 4.78. The Bertz CT molecular complexity index is 569. The molecule has 7 heteroatoms. The van der Waals surface area contributed by atoms with Gasteiger partial charge in [-0.3, -0.25) is 4.79 Å². The number of benzene rings is 1. The average Bonchev–Trinajstić information content (AvgIpc) is 2.96. The van der Waals surface area contributed by atoms with Gasteiger partial charge >= 0.3 is 0 Å². The number of hydrogen-bond donors (Lipinski definition) is 1. The van der Waals surface area contributed by atoms with E-state index in [2.05, 4.69) is 57.8 Å². The van der Waals surface area contributed by atoms with Crippen LogP contribution in [0.5, 0.6) is 0 Å². The zero-order valence-electron chi connectivity index (χ0n) is 12.4. The predicted octanol–water partition coefficient (Wildman–Crippen LogP) is 0.624. The van der Waals surface area contributed by atoms with E-state index in [4.69, 9.17) is 0 Å². The highest BCUT2D eigenvalue weighted by molar-refractivity contribution is 5.75. The zero-order chi connectivity index (χ0) is 15.1. The number of carbonyl (C=O) groups is 1. The normalized spacial score (nSPS) is 10.4. The molecule has 0 saturated carbocycles. The molecule has 112 valence electrons. The maximum Gasteiger partial charge on any atom is 0.241 e. The molecule has 0 aliphatic heterocycles. The maximum absolute atomic E-state index is 11.7. The van der Waals surface area contributed by atoms with Crippen molar-refractivity contribution in [1.82, 2.24) is 25.5 Å². The minimum absolute atomic E-state index is 0.0948. The summed E-state index contributed by atoms with van der Waals surface area (Å²) in [6.07, 6.45) is 1.42. The van der Waals surface area contributed by atoms with Crippen LogP contribution >= 0.6 is 0 Å². The first-order chi connectivity index (χ1) is 10.2. The molecule has 21 heavy (non-hydrogen) atoms. The van der Waals surface area contributed by atoms with Gasteiger partial charge in [-0.1, -0.05) is 12.1 Å². The number of likely N-dealkylation sites (N-methyl/N-ethyl adjacent to an activating group) is 1. The Hall–Kier alpha value is -2.44. The number of nitrogens with one attached hydrogen (secondary N) is 1. The molecule has 0 radical (unpaired) electrons. The second kappa shape index (κ2) is 7.37. The summed E-state index contributed by atoms with van der Waals surface area (Å²) in [5.74, 6) is -0.0948. The van der Waals surface area contributed by atoms with Crippen molar-refractivity contribution in [2.75, 3.05) is 24.5 Å². The topological polar surface area (TPSA) is 75.9 Å². The number of tetrazole rings is 1. The summed E-state index contributed by atoms with van der Waals surface area (Å²) in [5.41, 5.74) is 2.40. The third kappa shape index (κ3) is 4.55. The van der Waals surface area contributed by atoms with Crippen molar-refractivity contribution < 1.29 is 4.79 Å². The standard InChI is InChI=1S/C14H20N6O/c1-3-19(13-6-4-5-12(2)9-13)8-7-15-14(21)10-20-11-16-17-18-20/h4-6,9,11H,3,7-8,10H2,1-2H3,(H,15,21). The van der Waals surface area contributed by atoms with Crippen LogP contribution in [0.4, 0.5) is 5.69 Å². The van der Waals surface area contributed by atoms with Gasteiger partial charge in [0.1, 0.15) is 12.9 Å². The first-order valence-corrected chi connectivity index (χ1v) is 6.98. The van der Waals surface area contributed by atoms with E-state index < -0.39 is 0 Å². The quantitative estimate of drug-likeness (QED) is 0.808. The summed E-state index contributed by atoms with van der Waals surface area (Å²) < 4.78 is 1.40.